The number of carbonyl (C=O) groups excluding carboxylic acids is 3. The van der Waals surface area contributed by atoms with E-state index in [-0.39, 0.29) is 24.3 Å². The molecule has 3 aliphatic heterocycles. The number of nitrogens with one attached hydrogen (secondary N) is 2. The van der Waals surface area contributed by atoms with Crippen LogP contribution in [-0.4, -0.2) is 54.6 Å². The van der Waals surface area contributed by atoms with Crippen LogP contribution in [0.4, 0.5) is 20.6 Å². The standard InChI is InChI=1S/C34H35Cl2FN4O4/c1-19-5-8-22(37)17-23(19)30-34(25-9-6-21(36)16-27(25)38-31(34)43)26(18-29(42)39-30)24-15-20(35)7-10-28(24)40-11-13-41(14-12-40)32(44)45-33(2,3)4/h5-10,15-17,26,30H,11-14,18H2,1-4H3,(H,38,43)(H,39,42)/t26-,30+,34?/m1/s1. The largest absolute Gasteiger partial charge is 0.444 e. The van der Waals surface area contributed by atoms with E-state index in [9.17, 15) is 18.8 Å². The first kappa shape index (κ1) is 31.2. The molecule has 0 saturated carbocycles. The van der Waals surface area contributed by atoms with Crippen LogP contribution in [0.15, 0.2) is 54.6 Å². The summed E-state index contributed by atoms with van der Waals surface area (Å²) in [6.45, 7) is 9.21. The maximum atomic E-state index is 14.8. The van der Waals surface area contributed by atoms with Crippen LogP contribution in [0.25, 0.3) is 0 Å². The molecule has 8 nitrogen and oxygen atoms in total. The fourth-order valence-corrected chi connectivity index (χ4v) is 7.34. The zero-order valence-electron chi connectivity index (χ0n) is 25.5. The highest BCUT2D eigenvalue weighted by Crippen LogP contribution is 2.59. The molecule has 3 atom stereocenters. The molecule has 0 bridgehead atoms. The molecule has 0 aromatic heterocycles. The number of aryl methyl sites for hydroxylation is 1. The van der Waals surface area contributed by atoms with Gasteiger partial charge < -0.3 is 25.2 Å². The minimum atomic E-state index is -1.36. The zero-order chi connectivity index (χ0) is 32.3. The summed E-state index contributed by atoms with van der Waals surface area (Å²) in [5.74, 6) is -1.74. The molecule has 3 aliphatic rings. The second kappa shape index (κ2) is 11.5. The lowest BCUT2D eigenvalue weighted by atomic mass is 9.58. The third-order valence-corrected chi connectivity index (χ3v) is 9.41. The molecule has 3 aromatic carbocycles. The van der Waals surface area contributed by atoms with E-state index in [0.29, 0.717) is 53.0 Å². The van der Waals surface area contributed by atoms with Crippen LogP contribution in [0.1, 0.15) is 61.4 Å². The first-order valence-electron chi connectivity index (χ1n) is 15.0. The average Bonchev–Trinajstić information content (AvgIpc) is 3.25. The molecular weight excluding hydrogens is 618 g/mol. The summed E-state index contributed by atoms with van der Waals surface area (Å²) < 4.78 is 20.4. The van der Waals surface area contributed by atoms with E-state index in [1.54, 1.807) is 29.2 Å². The second-order valence-corrected chi connectivity index (χ2v) is 13.8. The topological polar surface area (TPSA) is 91.0 Å². The molecule has 45 heavy (non-hydrogen) atoms. The number of piperazine rings is 1. The van der Waals surface area contributed by atoms with Crippen molar-refractivity contribution in [3.8, 4) is 0 Å². The maximum absolute atomic E-state index is 14.8. The summed E-state index contributed by atoms with van der Waals surface area (Å²) in [4.78, 5) is 44.7. The van der Waals surface area contributed by atoms with Gasteiger partial charge in [-0.1, -0.05) is 35.3 Å². The monoisotopic (exact) mass is 652 g/mol. The molecule has 11 heteroatoms. The van der Waals surface area contributed by atoms with Crippen molar-refractivity contribution in [1.82, 2.24) is 10.2 Å². The van der Waals surface area contributed by atoms with Gasteiger partial charge >= 0.3 is 6.09 Å². The van der Waals surface area contributed by atoms with E-state index in [4.69, 9.17) is 27.9 Å². The fraction of sp³-hybridized carbons (Fsp3) is 0.382. The Morgan fingerprint density at radius 3 is 2.36 bits per heavy atom. The van der Waals surface area contributed by atoms with Crippen molar-refractivity contribution < 1.29 is 23.5 Å². The number of nitrogens with zero attached hydrogens (tertiary/aromatic N) is 2. The van der Waals surface area contributed by atoms with Crippen LogP contribution in [0, 0.1) is 12.7 Å². The molecule has 3 aromatic rings. The normalized spacial score (nSPS) is 23.1. The van der Waals surface area contributed by atoms with Gasteiger partial charge in [-0.15, -0.1) is 0 Å². The van der Waals surface area contributed by atoms with Gasteiger partial charge in [0.05, 0.1) is 6.04 Å². The number of ether oxygens (including phenoxy) is 1. The number of halogens is 3. The van der Waals surface area contributed by atoms with E-state index in [0.717, 1.165) is 16.8 Å². The Hall–Kier alpha value is -3.82. The summed E-state index contributed by atoms with van der Waals surface area (Å²) in [6.07, 6.45) is -0.376. The first-order valence-corrected chi connectivity index (χ1v) is 15.7. The van der Waals surface area contributed by atoms with Crippen LogP contribution >= 0.6 is 23.2 Å². The number of hydrogen-bond acceptors (Lipinski definition) is 5. The first-order chi connectivity index (χ1) is 21.3. The van der Waals surface area contributed by atoms with Crippen molar-refractivity contribution in [2.45, 2.75) is 57.1 Å². The van der Waals surface area contributed by atoms with Crippen molar-refractivity contribution in [2.75, 3.05) is 36.4 Å². The van der Waals surface area contributed by atoms with Crippen molar-refractivity contribution in [3.63, 3.8) is 0 Å². The molecule has 1 unspecified atom stereocenters. The molecular formula is C34H35Cl2FN4O4. The third-order valence-electron chi connectivity index (χ3n) is 8.94. The van der Waals surface area contributed by atoms with E-state index in [1.165, 1.54) is 12.1 Å². The molecule has 236 valence electrons. The van der Waals surface area contributed by atoms with Gasteiger partial charge in [0.2, 0.25) is 11.8 Å². The summed E-state index contributed by atoms with van der Waals surface area (Å²) in [5, 5.41) is 7.00. The maximum Gasteiger partial charge on any atom is 0.410 e. The summed E-state index contributed by atoms with van der Waals surface area (Å²) in [6, 6.07) is 14.2. The number of benzene rings is 3. The molecule has 0 aliphatic carbocycles. The highest BCUT2D eigenvalue weighted by molar-refractivity contribution is 6.31. The minimum absolute atomic E-state index is 0.00837. The number of carbonyl (C=O) groups is 3. The lowest BCUT2D eigenvalue weighted by molar-refractivity contribution is -0.131. The van der Waals surface area contributed by atoms with Crippen LogP contribution < -0.4 is 15.5 Å². The van der Waals surface area contributed by atoms with Gasteiger partial charge in [-0.3, -0.25) is 9.59 Å². The Balaban J connectivity index is 1.48. The summed E-state index contributed by atoms with van der Waals surface area (Å²) in [7, 11) is 0. The van der Waals surface area contributed by atoms with Gasteiger partial charge in [0, 0.05) is 59.9 Å². The fourth-order valence-electron chi connectivity index (χ4n) is 6.99. The Bertz CT molecular complexity index is 1700. The summed E-state index contributed by atoms with van der Waals surface area (Å²) in [5.41, 5.74) is 2.03. The molecule has 6 rings (SSSR count). The Morgan fingerprint density at radius 2 is 1.64 bits per heavy atom. The van der Waals surface area contributed by atoms with Gasteiger partial charge in [0.15, 0.2) is 0 Å². The average molecular weight is 654 g/mol. The Labute approximate surface area is 271 Å². The van der Waals surface area contributed by atoms with E-state index in [2.05, 4.69) is 15.5 Å². The van der Waals surface area contributed by atoms with Crippen molar-refractivity contribution >= 4 is 52.5 Å². The van der Waals surface area contributed by atoms with E-state index >= 15 is 0 Å². The highest BCUT2D eigenvalue weighted by atomic mass is 35.5. The number of anilines is 2. The Morgan fingerprint density at radius 1 is 0.956 bits per heavy atom. The molecule has 2 fully saturated rings. The lowest BCUT2D eigenvalue weighted by Crippen LogP contribution is -2.57. The minimum Gasteiger partial charge on any atom is -0.444 e. The van der Waals surface area contributed by atoms with E-state index < -0.39 is 28.8 Å². The number of amides is 3. The molecule has 2 N–H and O–H groups in total. The number of piperidine rings is 1. The third kappa shape index (κ3) is 5.61. The number of rotatable bonds is 3. The predicted octanol–water partition coefficient (Wildman–Crippen LogP) is 6.73. The van der Waals surface area contributed by atoms with E-state index in [1.807, 2.05) is 45.9 Å². The van der Waals surface area contributed by atoms with Crippen molar-refractivity contribution in [1.29, 1.82) is 0 Å². The van der Waals surface area contributed by atoms with Gasteiger partial charge in [-0.05, 0) is 92.4 Å². The number of hydrogen-bond donors (Lipinski definition) is 2. The van der Waals surface area contributed by atoms with Crippen LogP contribution in [0.2, 0.25) is 10.0 Å². The molecule has 3 heterocycles. The van der Waals surface area contributed by atoms with Crippen LogP contribution in [-0.2, 0) is 19.7 Å². The van der Waals surface area contributed by atoms with Gasteiger partial charge in [-0.25, -0.2) is 9.18 Å². The molecule has 1 spiro atoms. The SMILES string of the molecule is Cc1ccc(F)cc1[C@@H]1NC(=O)C[C@H](c2cc(Cl)ccc2N2CCN(C(=O)OC(C)(C)C)CC2)C12C(=O)Nc1cc(Cl)ccc12. The van der Waals surface area contributed by atoms with Crippen LogP contribution in [0.3, 0.4) is 0 Å². The Kier molecular flexibility index (Phi) is 7.98. The van der Waals surface area contributed by atoms with Gasteiger partial charge in [-0.2, -0.15) is 0 Å². The van der Waals surface area contributed by atoms with Gasteiger partial charge in [0.1, 0.15) is 16.8 Å². The van der Waals surface area contributed by atoms with Crippen molar-refractivity contribution in [2.24, 2.45) is 0 Å². The molecule has 2 saturated heterocycles. The van der Waals surface area contributed by atoms with Crippen molar-refractivity contribution in [3.05, 3.63) is 92.7 Å². The smallest absolute Gasteiger partial charge is 0.410 e. The summed E-state index contributed by atoms with van der Waals surface area (Å²) >= 11 is 13.0. The number of fused-ring (bicyclic) bond motifs is 2. The second-order valence-electron chi connectivity index (χ2n) is 12.9. The lowest BCUT2D eigenvalue weighted by Gasteiger charge is -2.48. The van der Waals surface area contributed by atoms with Crippen LogP contribution in [0.5, 0.6) is 0 Å². The zero-order valence-corrected chi connectivity index (χ0v) is 27.1. The molecule has 0 radical (unpaired) electrons. The predicted molar refractivity (Wildman–Crippen MR) is 173 cm³/mol. The highest BCUT2D eigenvalue weighted by Gasteiger charge is 2.62. The quantitative estimate of drug-likeness (QED) is 0.327. The molecule has 3 amide bonds. The van der Waals surface area contributed by atoms with Gasteiger partial charge in [0.25, 0.3) is 0 Å².